The summed E-state index contributed by atoms with van der Waals surface area (Å²) in [5.41, 5.74) is 4.21. The largest absolute Gasteiger partial charge is 0.489 e. The summed E-state index contributed by atoms with van der Waals surface area (Å²) in [5.74, 6) is 4.37. The number of hydrogen-bond acceptors (Lipinski definition) is 7. The summed E-state index contributed by atoms with van der Waals surface area (Å²) in [4.78, 5) is 14.5. The molecule has 0 unspecified atom stereocenters. The molecule has 7 rings (SSSR count). The first-order valence-electron chi connectivity index (χ1n) is 17.2. The monoisotopic (exact) mass is 700 g/mol. The molecule has 0 spiro atoms. The van der Waals surface area contributed by atoms with Gasteiger partial charge < -0.3 is 28.1 Å². The molecule has 1 heterocycles. The van der Waals surface area contributed by atoms with Crippen LogP contribution in [0.1, 0.15) is 22.3 Å². The van der Waals surface area contributed by atoms with E-state index in [2.05, 4.69) is 5.92 Å². The van der Waals surface area contributed by atoms with Crippen LogP contribution in [-0.4, -0.2) is 6.61 Å². The van der Waals surface area contributed by atoms with Crippen LogP contribution >= 0.6 is 0 Å². The standard InChI is InChI=1S/C46H36O7/c1-2-25-48-41-27-38(49-29-33-15-7-3-8-16-33)28-42-43(41)44(47)46(52-32-36-21-13-6-14-22-36)45(53-42)37-23-24-39(50-30-34-17-9-4-10-18-34)40(26-37)51-31-35-19-11-5-12-20-35/h1,3-24,26-28H,25,29-32H2. The average molecular weight is 701 g/mol. The zero-order valence-electron chi connectivity index (χ0n) is 28.9. The minimum atomic E-state index is -0.421. The molecule has 0 saturated carbocycles. The normalized spacial score (nSPS) is 10.7. The van der Waals surface area contributed by atoms with Gasteiger partial charge in [-0.05, 0) is 40.5 Å². The van der Waals surface area contributed by atoms with Crippen molar-refractivity contribution >= 4 is 11.0 Å². The van der Waals surface area contributed by atoms with Gasteiger partial charge in [0.1, 0.15) is 55.5 Å². The molecule has 0 bridgehead atoms. The Hall–Kier alpha value is -6.91. The van der Waals surface area contributed by atoms with Crippen molar-refractivity contribution in [3.8, 4) is 52.4 Å². The summed E-state index contributed by atoms with van der Waals surface area (Å²) in [6, 6.07) is 47.9. The third-order valence-electron chi connectivity index (χ3n) is 8.36. The number of benzene rings is 6. The lowest BCUT2D eigenvalue weighted by molar-refractivity contribution is 0.256. The summed E-state index contributed by atoms with van der Waals surface area (Å²) in [5, 5.41) is 0.183. The summed E-state index contributed by atoms with van der Waals surface area (Å²) in [6.07, 6.45) is 5.56. The SMILES string of the molecule is C#CCOc1cc(OCc2ccccc2)cc2oc(-c3ccc(OCc4ccccc4)c(OCc4ccccc4)c3)c(OCc3ccccc3)c(=O)c12. The van der Waals surface area contributed by atoms with Crippen molar-refractivity contribution in [3.63, 3.8) is 0 Å². The Morgan fingerprint density at radius 1 is 0.509 bits per heavy atom. The van der Waals surface area contributed by atoms with E-state index in [1.54, 1.807) is 18.2 Å². The van der Waals surface area contributed by atoms with Crippen molar-refractivity contribution < 1.29 is 28.1 Å². The number of rotatable bonds is 15. The fourth-order valence-electron chi connectivity index (χ4n) is 5.70. The Bertz CT molecular complexity index is 2370. The number of fused-ring (bicyclic) bond motifs is 1. The van der Waals surface area contributed by atoms with Gasteiger partial charge >= 0.3 is 0 Å². The molecule has 0 aliphatic carbocycles. The van der Waals surface area contributed by atoms with Crippen molar-refractivity contribution in [1.29, 1.82) is 0 Å². The van der Waals surface area contributed by atoms with Crippen molar-refractivity contribution in [3.05, 3.63) is 184 Å². The van der Waals surface area contributed by atoms with Crippen molar-refractivity contribution in [2.45, 2.75) is 26.4 Å². The van der Waals surface area contributed by atoms with E-state index in [0.717, 1.165) is 22.3 Å². The van der Waals surface area contributed by atoms with Gasteiger partial charge in [0.15, 0.2) is 17.3 Å². The molecule has 0 N–H and O–H groups in total. The van der Waals surface area contributed by atoms with Crippen LogP contribution < -0.4 is 29.1 Å². The summed E-state index contributed by atoms with van der Waals surface area (Å²) >= 11 is 0. The van der Waals surface area contributed by atoms with Crippen LogP contribution in [0.3, 0.4) is 0 Å². The predicted octanol–water partition coefficient (Wildman–Crippen LogP) is 9.79. The van der Waals surface area contributed by atoms with Gasteiger partial charge in [0.2, 0.25) is 11.2 Å². The fraction of sp³-hybridized carbons (Fsp3) is 0.109. The Balaban J connectivity index is 1.33. The van der Waals surface area contributed by atoms with E-state index < -0.39 is 5.43 Å². The van der Waals surface area contributed by atoms with Gasteiger partial charge in [-0.2, -0.15) is 0 Å². The Morgan fingerprint density at radius 3 is 1.57 bits per heavy atom. The lowest BCUT2D eigenvalue weighted by Gasteiger charge is -2.17. The molecule has 7 heteroatoms. The van der Waals surface area contributed by atoms with Crippen LogP contribution in [0.25, 0.3) is 22.3 Å². The van der Waals surface area contributed by atoms with Crippen molar-refractivity contribution in [2.75, 3.05) is 6.61 Å². The zero-order valence-corrected chi connectivity index (χ0v) is 28.9. The molecule has 262 valence electrons. The second kappa shape index (κ2) is 16.9. The van der Waals surface area contributed by atoms with Gasteiger partial charge in [-0.1, -0.05) is 127 Å². The smallest absolute Gasteiger partial charge is 0.239 e. The highest BCUT2D eigenvalue weighted by molar-refractivity contribution is 5.89. The molecular weight excluding hydrogens is 664 g/mol. The van der Waals surface area contributed by atoms with Crippen LogP contribution in [0.5, 0.6) is 28.7 Å². The van der Waals surface area contributed by atoms with Gasteiger partial charge in [0.25, 0.3) is 0 Å². The number of hydrogen-bond donors (Lipinski definition) is 0. The van der Waals surface area contributed by atoms with E-state index in [9.17, 15) is 4.79 Å². The van der Waals surface area contributed by atoms with E-state index in [1.165, 1.54) is 0 Å². The van der Waals surface area contributed by atoms with E-state index in [0.29, 0.717) is 42.6 Å². The minimum Gasteiger partial charge on any atom is -0.489 e. The molecule has 6 aromatic carbocycles. The summed E-state index contributed by atoms with van der Waals surface area (Å²) in [6.45, 7) is 0.986. The first-order chi connectivity index (χ1) is 26.1. The van der Waals surface area contributed by atoms with Gasteiger partial charge in [0, 0.05) is 17.7 Å². The highest BCUT2D eigenvalue weighted by Gasteiger charge is 2.23. The topological polar surface area (TPSA) is 76.4 Å². The number of terminal acetylenes is 1. The maximum absolute atomic E-state index is 14.5. The molecule has 7 aromatic rings. The fourth-order valence-corrected chi connectivity index (χ4v) is 5.70. The first-order valence-corrected chi connectivity index (χ1v) is 17.2. The number of ether oxygens (including phenoxy) is 5. The first kappa shape index (κ1) is 34.5. The third kappa shape index (κ3) is 8.70. The van der Waals surface area contributed by atoms with E-state index in [-0.39, 0.29) is 41.4 Å². The summed E-state index contributed by atoms with van der Waals surface area (Å²) in [7, 11) is 0. The molecular formula is C46H36O7. The van der Waals surface area contributed by atoms with Crippen LogP contribution in [0.2, 0.25) is 0 Å². The maximum atomic E-state index is 14.5. The van der Waals surface area contributed by atoms with Gasteiger partial charge in [0.05, 0.1) is 0 Å². The third-order valence-corrected chi connectivity index (χ3v) is 8.36. The minimum absolute atomic E-state index is 0.0110. The highest BCUT2D eigenvalue weighted by Crippen LogP contribution is 2.40. The Labute approximate surface area is 307 Å². The van der Waals surface area contributed by atoms with Crippen molar-refractivity contribution in [1.82, 2.24) is 0 Å². The second-order valence-electron chi connectivity index (χ2n) is 12.1. The lowest BCUT2D eigenvalue weighted by atomic mass is 10.1. The zero-order chi connectivity index (χ0) is 36.2. The van der Waals surface area contributed by atoms with Crippen molar-refractivity contribution in [2.24, 2.45) is 0 Å². The molecule has 0 fully saturated rings. The second-order valence-corrected chi connectivity index (χ2v) is 12.1. The molecule has 0 aliphatic heterocycles. The molecule has 7 nitrogen and oxygen atoms in total. The molecule has 0 radical (unpaired) electrons. The lowest BCUT2D eigenvalue weighted by Crippen LogP contribution is -2.12. The molecule has 1 aromatic heterocycles. The molecule has 0 amide bonds. The quantitative estimate of drug-likeness (QED) is 0.0986. The predicted molar refractivity (Wildman–Crippen MR) is 205 cm³/mol. The van der Waals surface area contributed by atoms with Gasteiger partial charge in [-0.25, -0.2) is 0 Å². The average Bonchev–Trinajstić information content (AvgIpc) is 3.21. The molecule has 53 heavy (non-hydrogen) atoms. The molecule has 0 saturated heterocycles. The highest BCUT2D eigenvalue weighted by atomic mass is 16.5. The van der Waals surface area contributed by atoms with Crippen LogP contribution in [-0.2, 0) is 26.4 Å². The molecule has 0 atom stereocenters. The van der Waals surface area contributed by atoms with E-state index in [4.69, 9.17) is 34.5 Å². The Kier molecular flexibility index (Phi) is 11.0. The van der Waals surface area contributed by atoms with Crippen LogP contribution in [0, 0.1) is 12.3 Å². The summed E-state index contributed by atoms with van der Waals surface area (Å²) < 4.78 is 37.6. The van der Waals surface area contributed by atoms with Gasteiger partial charge in [-0.3, -0.25) is 4.79 Å². The van der Waals surface area contributed by atoms with Crippen LogP contribution in [0.15, 0.2) is 161 Å². The van der Waals surface area contributed by atoms with E-state index in [1.807, 2.05) is 133 Å². The maximum Gasteiger partial charge on any atom is 0.239 e. The van der Waals surface area contributed by atoms with Crippen LogP contribution in [0.4, 0.5) is 0 Å². The van der Waals surface area contributed by atoms with Gasteiger partial charge in [-0.15, -0.1) is 6.42 Å². The Morgan fingerprint density at radius 2 is 1.02 bits per heavy atom. The molecule has 0 aliphatic rings. The van der Waals surface area contributed by atoms with E-state index >= 15 is 0 Å².